The largest absolute Gasteiger partial charge is 0.493 e. The zero-order chi connectivity index (χ0) is 15.5. The van der Waals surface area contributed by atoms with E-state index in [2.05, 4.69) is 30.9 Å². The van der Waals surface area contributed by atoms with Crippen LogP contribution in [-0.2, 0) is 14.8 Å². The van der Waals surface area contributed by atoms with Crippen molar-refractivity contribution in [2.45, 2.75) is 13.8 Å². The van der Waals surface area contributed by atoms with Gasteiger partial charge in [-0.3, -0.25) is 4.90 Å². The maximum absolute atomic E-state index is 11.4. The molecule has 1 saturated heterocycles. The predicted molar refractivity (Wildman–Crippen MR) is 84.4 cm³/mol. The summed E-state index contributed by atoms with van der Waals surface area (Å²) in [6.07, 6.45) is 7.68. The van der Waals surface area contributed by atoms with E-state index in [4.69, 9.17) is 4.74 Å². The molecule has 120 valence electrons. The molecule has 0 spiro atoms. The SMILES string of the molecule is CC1C=CC(OCCN2CCN(S(C)(=O)=O)CC2)=CC1C. The minimum atomic E-state index is -3.04. The molecule has 0 saturated carbocycles. The maximum Gasteiger partial charge on any atom is 0.211 e. The van der Waals surface area contributed by atoms with Gasteiger partial charge in [-0.1, -0.05) is 19.9 Å². The van der Waals surface area contributed by atoms with Crippen LogP contribution in [0.3, 0.4) is 0 Å². The van der Waals surface area contributed by atoms with Crippen molar-refractivity contribution in [3.63, 3.8) is 0 Å². The summed E-state index contributed by atoms with van der Waals surface area (Å²) in [5.41, 5.74) is 0. The molecule has 1 aliphatic carbocycles. The van der Waals surface area contributed by atoms with Crippen LogP contribution in [0.15, 0.2) is 24.0 Å². The van der Waals surface area contributed by atoms with E-state index < -0.39 is 10.0 Å². The summed E-state index contributed by atoms with van der Waals surface area (Å²) in [7, 11) is -3.04. The van der Waals surface area contributed by atoms with Crippen LogP contribution in [-0.4, -0.2) is 63.2 Å². The van der Waals surface area contributed by atoms with Crippen LogP contribution in [0.1, 0.15) is 13.8 Å². The molecule has 21 heavy (non-hydrogen) atoms. The monoisotopic (exact) mass is 314 g/mol. The fourth-order valence-electron chi connectivity index (χ4n) is 2.56. The molecule has 0 radical (unpaired) electrons. The molecule has 0 aromatic rings. The van der Waals surface area contributed by atoms with Crippen LogP contribution in [0.4, 0.5) is 0 Å². The number of rotatable bonds is 5. The van der Waals surface area contributed by atoms with Gasteiger partial charge in [0.25, 0.3) is 0 Å². The minimum Gasteiger partial charge on any atom is -0.493 e. The average Bonchev–Trinajstić information content (AvgIpc) is 2.42. The number of nitrogens with zero attached hydrogens (tertiary/aromatic N) is 2. The second-order valence-electron chi connectivity index (χ2n) is 6.00. The highest BCUT2D eigenvalue weighted by Crippen LogP contribution is 2.22. The van der Waals surface area contributed by atoms with Gasteiger partial charge < -0.3 is 4.74 Å². The molecule has 1 heterocycles. The number of sulfonamides is 1. The Labute approximate surface area is 128 Å². The van der Waals surface area contributed by atoms with Gasteiger partial charge in [0, 0.05) is 32.7 Å². The van der Waals surface area contributed by atoms with Crippen molar-refractivity contribution in [1.29, 1.82) is 0 Å². The number of piperazine rings is 1. The quantitative estimate of drug-likeness (QED) is 0.768. The number of hydrogen-bond acceptors (Lipinski definition) is 4. The molecular weight excluding hydrogens is 288 g/mol. The Balaban J connectivity index is 1.69. The molecule has 1 aliphatic heterocycles. The first-order valence-corrected chi connectivity index (χ1v) is 9.41. The van der Waals surface area contributed by atoms with Crippen LogP contribution >= 0.6 is 0 Å². The van der Waals surface area contributed by atoms with Crippen LogP contribution in [0, 0.1) is 11.8 Å². The van der Waals surface area contributed by atoms with Crippen LogP contribution in [0.25, 0.3) is 0 Å². The van der Waals surface area contributed by atoms with Gasteiger partial charge in [-0.15, -0.1) is 0 Å². The van der Waals surface area contributed by atoms with Gasteiger partial charge in [-0.05, 0) is 24.0 Å². The molecule has 0 aromatic carbocycles. The molecule has 1 fully saturated rings. The molecule has 2 aliphatic rings. The highest BCUT2D eigenvalue weighted by atomic mass is 32.2. The van der Waals surface area contributed by atoms with Crippen molar-refractivity contribution >= 4 is 10.0 Å². The summed E-state index contributed by atoms with van der Waals surface area (Å²) in [6, 6.07) is 0. The van der Waals surface area contributed by atoms with Crippen LogP contribution in [0.2, 0.25) is 0 Å². The first-order valence-electron chi connectivity index (χ1n) is 7.56. The van der Waals surface area contributed by atoms with Crippen molar-refractivity contribution < 1.29 is 13.2 Å². The first kappa shape index (κ1) is 16.5. The molecule has 2 unspecified atom stereocenters. The molecule has 0 amide bonds. The summed E-state index contributed by atoms with van der Waals surface area (Å²) < 4.78 is 30.2. The van der Waals surface area contributed by atoms with E-state index in [1.54, 1.807) is 4.31 Å². The normalized spacial score (nSPS) is 28.4. The van der Waals surface area contributed by atoms with Gasteiger partial charge in [0.2, 0.25) is 10.0 Å². The van der Waals surface area contributed by atoms with Gasteiger partial charge in [0.1, 0.15) is 12.4 Å². The standard InChI is InChI=1S/C15H26N2O3S/c1-13-4-5-15(12-14(13)2)20-11-10-16-6-8-17(9-7-16)21(3,18)19/h4-5,12-14H,6-11H2,1-3H3. The zero-order valence-electron chi connectivity index (χ0n) is 13.2. The van der Waals surface area contributed by atoms with Crippen LogP contribution < -0.4 is 0 Å². The Morgan fingerprint density at radius 2 is 1.86 bits per heavy atom. The van der Waals surface area contributed by atoms with Gasteiger partial charge in [0.15, 0.2) is 0 Å². The van der Waals surface area contributed by atoms with E-state index in [0.717, 1.165) is 25.4 Å². The lowest BCUT2D eigenvalue weighted by Gasteiger charge is -2.33. The molecule has 6 heteroatoms. The third-order valence-corrected chi connectivity index (χ3v) is 5.60. The molecule has 5 nitrogen and oxygen atoms in total. The molecule has 0 aromatic heterocycles. The highest BCUT2D eigenvalue weighted by molar-refractivity contribution is 7.88. The van der Waals surface area contributed by atoms with E-state index in [9.17, 15) is 8.42 Å². The van der Waals surface area contributed by atoms with E-state index in [-0.39, 0.29) is 0 Å². The molecule has 0 bridgehead atoms. The van der Waals surface area contributed by atoms with Gasteiger partial charge in [0.05, 0.1) is 6.26 Å². The number of ether oxygens (including phenoxy) is 1. The molecular formula is C15H26N2O3S. The van der Waals surface area contributed by atoms with E-state index in [1.165, 1.54) is 6.26 Å². The second-order valence-corrected chi connectivity index (χ2v) is 7.98. The average molecular weight is 314 g/mol. The Morgan fingerprint density at radius 3 is 2.43 bits per heavy atom. The Morgan fingerprint density at radius 1 is 1.19 bits per heavy atom. The molecule has 0 N–H and O–H groups in total. The summed E-state index contributed by atoms with van der Waals surface area (Å²) >= 11 is 0. The van der Waals surface area contributed by atoms with Crippen LogP contribution in [0.5, 0.6) is 0 Å². The smallest absolute Gasteiger partial charge is 0.211 e. The summed E-state index contributed by atoms with van der Waals surface area (Å²) in [5.74, 6) is 2.04. The van der Waals surface area contributed by atoms with Crippen molar-refractivity contribution in [2.75, 3.05) is 45.6 Å². The van der Waals surface area contributed by atoms with Crippen molar-refractivity contribution in [3.8, 4) is 0 Å². The third-order valence-electron chi connectivity index (χ3n) is 4.30. The Bertz CT molecular complexity index is 505. The number of hydrogen-bond donors (Lipinski definition) is 0. The third kappa shape index (κ3) is 4.83. The predicted octanol–water partition coefficient (Wildman–Crippen LogP) is 1.31. The maximum atomic E-state index is 11.4. The minimum absolute atomic E-state index is 0.517. The second kappa shape index (κ2) is 6.94. The van der Waals surface area contributed by atoms with E-state index >= 15 is 0 Å². The summed E-state index contributed by atoms with van der Waals surface area (Å²) in [4.78, 5) is 2.25. The molecule has 2 atom stereocenters. The Kier molecular flexibility index (Phi) is 5.46. The van der Waals surface area contributed by atoms with Crippen molar-refractivity contribution in [2.24, 2.45) is 11.8 Å². The first-order chi connectivity index (χ1) is 9.86. The highest BCUT2D eigenvalue weighted by Gasteiger charge is 2.23. The lowest BCUT2D eigenvalue weighted by molar-refractivity contribution is 0.132. The lowest BCUT2D eigenvalue weighted by Crippen LogP contribution is -2.49. The summed E-state index contributed by atoms with van der Waals surface area (Å²) in [5, 5.41) is 0. The van der Waals surface area contributed by atoms with Crippen molar-refractivity contribution in [1.82, 2.24) is 9.21 Å². The van der Waals surface area contributed by atoms with Gasteiger partial charge in [-0.2, -0.15) is 4.31 Å². The van der Waals surface area contributed by atoms with E-state index in [1.807, 2.05) is 6.08 Å². The fourth-order valence-corrected chi connectivity index (χ4v) is 3.39. The Hall–Kier alpha value is -0.850. The zero-order valence-corrected chi connectivity index (χ0v) is 14.0. The molecule has 2 rings (SSSR count). The fraction of sp³-hybridized carbons (Fsp3) is 0.733. The van der Waals surface area contributed by atoms with Crippen molar-refractivity contribution in [3.05, 3.63) is 24.0 Å². The van der Waals surface area contributed by atoms with Gasteiger partial charge in [-0.25, -0.2) is 8.42 Å². The lowest BCUT2D eigenvalue weighted by atomic mass is 9.91. The van der Waals surface area contributed by atoms with E-state index in [0.29, 0.717) is 31.5 Å². The summed E-state index contributed by atoms with van der Waals surface area (Å²) in [6.45, 7) is 8.60. The number of allylic oxidation sites excluding steroid dienone is 3. The van der Waals surface area contributed by atoms with Gasteiger partial charge >= 0.3 is 0 Å². The topological polar surface area (TPSA) is 49.9 Å².